The van der Waals surface area contributed by atoms with Crippen LogP contribution in [0, 0.1) is 0 Å². The molecular formula is C8H11Hg3N5. The number of nitrogens with zero attached hydrogens (tertiary/aromatic N) is 5. The summed E-state index contributed by atoms with van der Waals surface area (Å²) in [6.07, 6.45) is 3.70. The van der Waals surface area contributed by atoms with Crippen molar-refractivity contribution in [2.24, 2.45) is 0 Å². The van der Waals surface area contributed by atoms with E-state index >= 15 is 0 Å². The first kappa shape index (κ1) is 13.6. The first-order valence-electron chi connectivity index (χ1n) is 5.72. The van der Waals surface area contributed by atoms with E-state index in [4.69, 9.17) is 0 Å². The molecule has 0 radical (unpaired) electrons. The average molecular weight is 779 g/mol. The van der Waals surface area contributed by atoms with Crippen LogP contribution in [0.5, 0.6) is 0 Å². The second kappa shape index (κ2) is 6.36. The van der Waals surface area contributed by atoms with E-state index in [-0.39, 0.29) is 0 Å². The van der Waals surface area contributed by atoms with Crippen molar-refractivity contribution in [2.45, 2.75) is 13.3 Å². The van der Waals surface area contributed by atoms with Gasteiger partial charge >= 0.3 is 135 Å². The van der Waals surface area contributed by atoms with Crippen LogP contribution in [0.3, 0.4) is 0 Å². The molecule has 0 bridgehead atoms. The monoisotopic (exact) mass is 783 g/mol. The van der Waals surface area contributed by atoms with Gasteiger partial charge in [-0.25, -0.2) is 0 Å². The van der Waals surface area contributed by atoms with Crippen molar-refractivity contribution >= 4 is 17.0 Å². The quantitative estimate of drug-likeness (QED) is 0.444. The zero-order chi connectivity index (χ0) is 11.5. The summed E-state index contributed by atoms with van der Waals surface area (Å²) in [5.74, 6) is 1.17. The first-order valence-corrected chi connectivity index (χ1v) is 29.6. The number of hydrogen-bond donors (Lipinski definition) is 0. The van der Waals surface area contributed by atoms with Gasteiger partial charge in [-0.15, -0.1) is 0 Å². The SMILES string of the molecule is [CH3][Hg][N]([Hg][CH3])c1ncnc2c1nc[n]2[Hg][CH3]. The molecule has 0 aliphatic heterocycles. The van der Waals surface area contributed by atoms with Crippen LogP contribution in [-0.2, 0) is 74.6 Å². The first-order chi connectivity index (χ1) is 7.81. The molecule has 16 heavy (non-hydrogen) atoms. The number of imidazole rings is 1. The van der Waals surface area contributed by atoms with Crippen LogP contribution >= 0.6 is 0 Å². The Hall–Kier alpha value is 1.16. The normalized spacial score (nSPS) is 9.44. The second-order valence-electron chi connectivity index (χ2n) is 3.57. The van der Waals surface area contributed by atoms with Gasteiger partial charge in [-0.05, 0) is 0 Å². The molecule has 2 rings (SSSR count). The minimum absolute atomic E-state index is 0.861. The molecule has 0 saturated carbocycles. The van der Waals surface area contributed by atoms with Crippen molar-refractivity contribution in [1.29, 1.82) is 0 Å². The Kier molecular flexibility index (Phi) is 5.40. The molecule has 2 aromatic rings. The number of fused-ring (bicyclic) bond motifs is 1. The van der Waals surface area contributed by atoms with Gasteiger partial charge in [0, 0.05) is 0 Å². The van der Waals surface area contributed by atoms with Crippen LogP contribution in [0.2, 0.25) is 13.3 Å². The summed E-state index contributed by atoms with van der Waals surface area (Å²) in [5.41, 5.74) is 2.15. The molecule has 8 heteroatoms. The standard InChI is InChI=1S/C5H2N5.3CH3.3Hg/c6-4-3-5(9-1-7-3)10-2-8-4;;;;;;/h1-2H;3*1H3;;;/q-1;;;;;;+1. The van der Waals surface area contributed by atoms with Crippen LogP contribution in [0.4, 0.5) is 5.82 Å². The summed E-state index contributed by atoms with van der Waals surface area (Å²) in [6, 6.07) is 0. The number of hydrogen-bond acceptors (Lipinski definition) is 4. The van der Waals surface area contributed by atoms with Crippen LogP contribution in [0.1, 0.15) is 0 Å². The van der Waals surface area contributed by atoms with Crippen molar-refractivity contribution in [1.82, 2.24) is 17.3 Å². The van der Waals surface area contributed by atoms with Crippen LogP contribution in [-0.4, -0.2) is 17.3 Å². The summed E-state index contributed by atoms with van der Waals surface area (Å²) in [6.45, 7) is 0. The fourth-order valence-electron chi connectivity index (χ4n) is 1.85. The van der Waals surface area contributed by atoms with Gasteiger partial charge in [-0.1, -0.05) is 0 Å². The van der Waals surface area contributed by atoms with E-state index in [0.29, 0.717) is 0 Å². The van der Waals surface area contributed by atoms with Crippen molar-refractivity contribution in [3.8, 4) is 0 Å². The van der Waals surface area contributed by atoms with Gasteiger partial charge < -0.3 is 0 Å². The molecule has 0 saturated heterocycles. The van der Waals surface area contributed by atoms with E-state index in [1.165, 1.54) is 5.82 Å². The van der Waals surface area contributed by atoms with E-state index < -0.39 is 74.6 Å². The molecule has 0 unspecified atom stereocenters. The van der Waals surface area contributed by atoms with Gasteiger partial charge in [0.1, 0.15) is 0 Å². The third-order valence-electron chi connectivity index (χ3n) is 2.79. The van der Waals surface area contributed by atoms with E-state index in [2.05, 4.69) is 31.0 Å². The Bertz CT molecular complexity index is 481. The zero-order valence-corrected chi connectivity index (χ0v) is 26.5. The van der Waals surface area contributed by atoms with Gasteiger partial charge in [0.25, 0.3) is 0 Å². The molecule has 74 valence electrons. The third kappa shape index (κ3) is 2.60. The molecule has 2 aromatic heterocycles. The van der Waals surface area contributed by atoms with Crippen LogP contribution in [0.15, 0.2) is 12.7 Å². The summed E-state index contributed by atoms with van der Waals surface area (Å²) in [4.78, 5) is 13.4. The summed E-state index contributed by atoms with van der Waals surface area (Å²) < 4.78 is 12.1. The van der Waals surface area contributed by atoms with Crippen molar-refractivity contribution in [3.05, 3.63) is 12.7 Å². The van der Waals surface area contributed by atoms with Crippen LogP contribution in [0.25, 0.3) is 11.2 Å². The Morgan fingerprint density at radius 2 is 1.88 bits per heavy atom. The van der Waals surface area contributed by atoms with Crippen molar-refractivity contribution < 1.29 is 74.6 Å². The predicted molar refractivity (Wildman–Crippen MR) is 50.8 cm³/mol. The number of rotatable bonds is 4. The second-order valence-corrected chi connectivity index (χ2v) is 33.0. The molecule has 0 aromatic carbocycles. The molecule has 0 aliphatic carbocycles. The van der Waals surface area contributed by atoms with Crippen LogP contribution < -0.4 is 0.428 Å². The summed E-state index contributed by atoms with van der Waals surface area (Å²) >= 11 is -2.69. The van der Waals surface area contributed by atoms with Gasteiger partial charge in [-0.3, -0.25) is 0 Å². The molecule has 0 atom stereocenters. The zero-order valence-electron chi connectivity index (χ0n) is 10.0. The predicted octanol–water partition coefficient (Wildman–Crippen LogP) is 1.62. The maximum atomic E-state index is 4.53. The third-order valence-corrected chi connectivity index (χ3v) is 46.0. The fraction of sp³-hybridized carbons (Fsp3) is 0.375. The molecule has 0 spiro atoms. The summed E-state index contributed by atoms with van der Waals surface area (Å²) in [5, 5.41) is 0. The molecular weight excluding hydrogens is 768 g/mol. The van der Waals surface area contributed by atoms with E-state index in [0.717, 1.165) is 11.2 Å². The molecule has 2 heterocycles. The minimum atomic E-state index is -0.966. The topological polar surface area (TPSA) is 46.8 Å². The van der Waals surface area contributed by atoms with Gasteiger partial charge in [-0.2, -0.15) is 0 Å². The average Bonchev–Trinajstić information content (AvgIpc) is 2.74. The maximum absolute atomic E-state index is 4.53. The molecule has 0 amide bonds. The van der Waals surface area contributed by atoms with E-state index in [9.17, 15) is 0 Å². The molecule has 5 nitrogen and oxygen atoms in total. The Labute approximate surface area is 133 Å². The van der Waals surface area contributed by atoms with E-state index in [1.54, 1.807) is 6.33 Å². The van der Waals surface area contributed by atoms with Crippen molar-refractivity contribution in [2.75, 3.05) is 0.428 Å². The van der Waals surface area contributed by atoms with Crippen molar-refractivity contribution in [3.63, 3.8) is 0 Å². The molecule has 0 N–H and O–H groups in total. The molecule has 0 fully saturated rings. The van der Waals surface area contributed by atoms with Gasteiger partial charge in [0.2, 0.25) is 0 Å². The van der Waals surface area contributed by atoms with E-state index in [1.807, 2.05) is 6.33 Å². The Morgan fingerprint density at radius 3 is 2.50 bits per heavy atom. The van der Waals surface area contributed by atoms with Gasteiger partial charge in [0.15, 0.2) is 0 Å². The Balaban J connectivity index is 2.57. The number of anilines is 1. The Morgan fingerprint density at radius 1 is 1.12 bits per heavy atom. The van der Waals surface area contributed by atoms with Gasteiger partial charge in [0.05, 0.1) is 0 Å². The summed E-state index contributed by atoms with van der Waals surface area (Å²) in [7, 11) is 0. The fourth-order valence-corrected chi connectivity index (χ4v) is 26.0. The number of aromatic nitrogens is 4. The molecule has 0 aliphatic rings.